The summed E-state index contributed by atoms with van der Waals surface area (Å²) in [6, 6.07) is 14.8. The molecule has 0 amide bonds. The van der Waals surface area contributed by atoms with Gasteiger partial charge in [0.25, 0.3) is 0 Å². The molecule has 0 bridgehead atoms. The summed E-state index contributed by atoms with van der Waals surface area (Å²) in [6.45, 7) is 9.28. The minimum Gasteiger partial charge on any atom is -0.414 e. The van der Waals surface area contributed by atoms with Crippen LogP contribution in [0.15, 0.2) is 30.3 Å². The molecular formula is C18H30OSi. The van der Waals surface area contributed by atoms with Gasteiger partial charge in [-0.15, -0.1) is 0 Å². The molecule has 0 aromatic heterocycles. The summed E-state index contributed by atoms with van der Waals surface area (Å²) in [5.74, 6) is 1.51. The number of benzene rings is 1. The van der Waals surface area contributed by atoms with Crippen molar-refractivity contribution < 1.29 is 4.43 Å². The van der Waals surface area contributed by atoms with E-state index in [0.717, 1.165) is 11.8 Å². The zero-order valence-corrected chi connectivity index (χ0v) is 14.6. The Hall–Kier alpha value is -0.603. The monoisotopic (exact) mass is 290 g/mol. The first-order valence-electron chi connectivity index (χ1n) is 8.42. The van der Waals surface area contributed by atoms with Crippen LogP contribution in [0, 0.1) is 5.92 Å². The minimum atomic E-state index is -1.45. The van der Waals surface area contributed by atoms with E-state index in [4.69, 9.17) is 4.43 Å². The smallest absolute Gasteiger partial charge is 0.192 e. The van der Waals surface area contributed by atoms with Crippen molar-refractivity contribution in [1.29, 1.82) is 0 Å². The second-order valence-corrected chi connectivity index (χ2v) is 10.9. The third kappa shape index (κ3) is 3.34. The molecular weight excluding hydrogens is 260 g/mol. The molecule has 2 rings (SSSR count). The lowest BCUT2D eigenvalue weighted by Crippen LogP contribution is -2.40. The van der Waals surface area contributed by atoms with Crippen LogP contribution in [-0.2, 0) is 4.43 Å². The van der Waals surface area contributed by atoms with Crippen molar-refractivity contribution in [2.24, 2.45) is 5.92 Å². The second-order valence-electron chi connectivity index (χ2n) is 6.22. The molecule has 1 aliphatic rings. The zero-order chi connectivity index (χ0) is 14.6. The van der Waals surface area contributed by atoms with Gasteiger partial charge >= 0.3 is 0 Å². The fraction of sp³-hybridized carbons (Fsp3) is 0.667. The first-order chi connectivity index (χ1) is 9.69. The Bertz CT molecular complexity index is 391. The molecule has 1 nitrogen and oxygen atoms in total. The van der Waals surface area contributed by atoms with Gasteiger partial charge in [0.15, 0.2) is 8.32 Å². The largest absolute Gasteiger partial charge is 0.414 e. The van der Waals surface area contributed by atoms with E-state index in [2.05, 4.69) is 58.0 Å². The van der Waals surface area contributed by atoms with Gasteiger partial charge < -0.3 is 4.43 Å². The molecule has 0 N–H and O–H groups in total. The van der Waals surface area contributed by atoms with Gasteiger partial charge in [0.1, 0.15) is 0 Å². The van der Waals surface area contributed by atoms with Crippen LogP contribution in [0.5, 0.6) is 0 Å². The lowest BCUT2D eigenvalue weighted by atomic mass is 10.1. The van der Waals surface area contributed by atoms with E-state index in [9.17, 15) is 0 Å². The predicted molar refractivity (Wildman–Crippen MR) is 89.7 cm³/mol. The summed E-state index contributed by atoms with van der Waals surface area (Å²) < 4.78 is 6.75. The van der Waals surface area contributed by atoms with Crippen molar-refractivity contribution in [2.75, 3.05) is 0 Å². The van der Waals surface area contributed by atoms with E-state index in [0.29, 0.717) is 6.10 Å². The molecule has 1 aromatic carbocycles. The van der Waals surface area contributed by atoms with Gasteiger partial charge in [-0.05, 0) is 48.4 Å². The first kappa shape index (κ1) is 15.8. The standard InChI is InChI=1S/C18H30OSi/c1-5-18(19-20(6-2,7-3)8-4)17-14-16(17)15-12-10-9-11-13-15/h9-13,16-18H,5-8,14H2,1-4H3/t16-,17+,18-/m0/s1. The van der Waals surface area contributed by atoms with Crippen LogP contribution in [0.3, 0.4) is 0 Å². The lowest BCUT2D eigenvalue weighted by molar-refractivity contribution is 0.157. The number of hydrogen-bond acceptors (Lipinski definition) is 1. The number of hydrogen-bond donors (Lipinski definition) is 0. The molecule has 0 saturated heterocycles. The summed E-state index contributed by atoms with van der Waals surface area (Å²) >= 11 is 0. The average Bonchev–Trinajstić information content (AvgIpc) is 3.31. The van der Waals surface area contributed by atoms with Crippen molar-refractivity contribution >= 4 is 8.32 Å². The maximum atomic E-state index is 6.75. The molecule has 1 saturated carbocycles. The van der Waals surface area contributed by atoms with Crippen molar-refractivity contribution in [1.82, 2.24) is 0 Å². The van der Waals surface area contributed by atoms with E-state index >= 15 is 0 Å². The fourth-order valence-electron chi connectivity index (χ4n) is 3.50. The molecule has 2 heteroatoms. The lowest BCUT2D eigenvalue weighted by Gasteiger charge is -2.33. The molecule has 0 unspecified atom stereocenters. The quantitative estimate of drug-likeness (QED) is 0.567. The summed E-state index contributed by atoms with van der Waals surface area (Å²) in [5, 5.41) is 0. The summed E-state index contributed by atoms with van der Waals surface area (Å²) in [7, 11) is -1.45. The Morgan fingerprint density at radius 2 is 1.65 bits per heavy atom. The molecule has 3 atom stereocenters. The first-order valence-corrected chi connectivity index (χ1v) is 10.9. The second kappa shape index (κ2) is 6.90. The maximum absolute atomic E-state index is 6.75. The third-order valence-corrected chi connectivity index (χ3v) is 9.95. The molecule has 1 fully saturated rings. The van der Waals surface area contributed by atoms with Crippen LogP contribution in [0.1, 0.15) is 52.0 Å². The van der Waals surface area contributed by atoms with Crippen molar-refractivity contribution in [2.45, 2.75) is 70.7 Å². The summed E-state index contributed by atoms with van der Waals surface area (Å²) in [4.78, 5) is 0. The Kier molecular flexibility index (Phi) is 5.45. The average molecular weight is 291 g/mol. The van der Waals surface area contributed by atoms with Crippen LogP contribution in [-0.4, -0.2) is 14.4 Å². The predicted octanol–water partition coefficient (Wildman–Crippen LogP) is 5.59. The molecule has 1 aromatic rings. The minimum absolute atomic E-state index is 0.492. The van der Waals surface area contributed by atoms with Gasteiger partial charge in [-0.25, -0.2) is 0 Å². The SMILES string of the molecule is CC[C@H](O[Si](CC)(CC)CC)[C@@H]1C[C@H]1c1ccccc1. The van der Waals surface area contributed by atoms with Crippen LogP contribution in [0.4, 0.5) is 0 Å². The van der Waals surface area contributed by atoms with Gasteiger partial charge in [-0.1, -0.05) is 58.0 Å². The van der Waals surface area contributed by atoms with Crippen molar-refractivity contribution in [3.63, 3.8) is 0 Å². The highest BCUT2D eigenvalue weighted by Crippen LogP contribution is 2.51. The highest BCUT2D eigenvalue weighted by atomic mass is 28.4. The Morgan fingerprint density at radius 1 is 1.05 bits per heavy atom. The number of rotatable bonds is 8. The molecule has 0 heterocycles. The van der Waals surface area contributed by atoms with E-state index in [1.165, 1.54) is 36.5 Å². The maximum Gasteiger partial charge on any atom is 0.192 e. The normalized spacial score (nSPS) is 23.6. The van der Waals surface area contributed by atoms with Gasteiger partial charge in [-0.3, -0.25) is 0 Å². The Labute approximate surface area is 125 Å². The van der Waals surface area contributed by atoms with E-state index in [-0.39, 0.29) is 0 Å². The van der Waals surface area contributed by atoms with Crippen LogP contribution < -0.4 is 0 Å². The Balaban J connectivity index is 2.01. The molecule has 112 valence electrons. The summed E-state index contributed by atoms with van der Waals surface area (Å²) in [5.41, 5.74) is 1.51. The third-order valence-electron chi connectivity index (χ3n) is 5.28. The van der Waals surface area contributed by atoms with Gasteiger partial charge in [0, 0.05) is 6.10 Å². The van der Waals surface area contributed by atoms with Gasteiger partial charge in [0.05, 0.1) is 0 Å². The molecule has 0 spiro atoms. The van der Waals surface area contributed by atoms with Crippen LogP contribution in [0.2, 0.25) is 18.1 Å². The summed E-state index contributed by atoms with van der Waals surface area (Å²) in [6.07, 6.45) is 2.99. The van der Waals surface area contributed by atoms with E-state index in [1.54, 1.807) is 0 Å². The Morgan fingerprint density at radius 3 is 2.15 bits per heavy atom. The molecule has 20 heavy (non-hydrogen) atoms. The van der Waals surface area contributed by atoms with Gasteiger partial charge in [-0.2, -0.15) is 0 Å². The van der Waals surface area contributed by atoms with Gasteiger partial charge in [0.2, 0.25) is 0 Å². The van der Waals surface area contributed by atoms with E-state index in [1.807, 2.05) is 0 Å². The van der Waals surface area contributed by atoms with E-state index < -0.39 is 8.32 Å². The molecule has 0 radical (unpaired) electrons. The zero-order valence-electron chi connectivity index (χ0n) is 13.6. The fourth-order valence-corrected chi connectivity index (χ4v) is 6.49. The van der Waals surface area contributed by atoms with Crippen LogP contribution >= 0.6 is 0 Å². The topological polar surface area (TPSA) is 9.23 Å². The van der Waals surface area contributed by atoms with Crippen molar-refractivity contribution in [3.05, 3.63) is 35.9 Å². The highest BCUT2D eigenvalue weighted by molar-refractivity contribution is 6.73. The highest BCUT2D eigenvalue weighted by Gasteiger charge is 2.46. The van der Waals surface area contributed by atoms with Crippen molar-refractivity contribution in [3.8, 4) is 0 Å². The van der Waals surface area contributed by atoms with Crippen LogP contribution in [0.25, 0.3) is 0 Å². The molecule has 1 aliphatic carbocycles. The molecule has 0 aliphatic heterocycles.